The lowest BCUT2D eigenvalue weighted by atomic mass is 9.99. The molecule has 0 aromatic carbocycles. The Hall–Kier alpha value is -1.95. The van der Waals surface area contributed by atoms with Crippen LogP contribution in [0.3, 0.4) is 0 Å². The zero-order valence-electron chi connectivity index (χ0n) is 12.9. The van der Waals surface area contributed by atoms with Crippen molar-refractivity contribution in [2.24, 2.45) is 0 Å². The van der Waals surface area contributed by atoms with Gasteiger partial charge < -0.3 is 10.2 Å². The number of carbonyl (C=O) groups is 1. The molecule has 3 rings (SSSR count). The topological polar surface area (TPSA) is 58.1 Å². The predicted octanol–water partition coefficient (Wildman–Crippen LogP) is 2.73. The van der Waals surface area contributed by atoms with E-state index < -0.39 is 0 Å². The van der Waals surface area contributed by atoms with E-state index in [9.17, 15) is 4.79 Å². The summed E-state index contributed by atoms with van der Waals surface area (Å²) in [5.74, 6) is 0.562. The molecule has 0 unspecified atom stereocenters. The quantitative estimate of drug-likeness (QED) is 0.942. The zero-order chi connectivity index (χ0) is 15.5. The van der Waals surface area contributed by atoms with Gasteiger partial charge in [-0.2, -0.15) is 0 Å². The van der Waals surface area contributed by atoms with Crippen LogP contribution in [0.4, 0.5) is 5.82 Å². The third-order valence-corrected chi connectivity index (χ3v) is 5.02. The molecule has 1 N–H and O–H groups in total. The normalized spacial score (nSPS) is 13.5. The molecule has 1 amide bonds. The number of rotatable bonds is 4. The molecule has 0 bridgehead atoms. The summed E-state index contributed by atoms with van der Waals surface area (Å²) >= 11 is 1.90. The maximum absolute atomic E-state index is 11.8. The second kappa shape index (κ2) is 6.44. The van der Waals surface area contributed by atoms with Gasteiger partial charge in [-0.15, -0.1) is 21.5 Å². The number of aromatic nitrogens is 2. The summed E-state index contributed by atoms with van der Waals surface area (Å²) in [6.07, 6.45) is 5.06. The van der Waals surface area contributed by atoms with Crippen LogP contribution in [0.25, 0.3) is 0 Å². The summed E-state index contributed by atoms with van der Waals surface area (Å²) < 4.78 is 0. The lowest BCUT2D eigenvalue weighted by Gasteiger charge is -2.09. The number of hydrogen-bond acceptors (Lipinski definition) is 5. The van der Waals surface area contributed by atoms with Crippen LogP contribution in [0.2, 0.25) is 0 Å². The molecular formula is C16H20N4OS. The third-order valence-electron chi connectivity index (χ3n) is 3.78. The number of aryl methyl sites for hydroxylation is 2. The molecule has 0 radical (unpaired) electrons. The molecule has 6 heteroatoms. The number of fused-ring (bicyclic) bond motifs is 1. The lowest BCUT2D eigenvalue weighted by molar-refractivity contribution is 0.0821. The Morgan fingerprint density at radius 2 is 2.09 bits per heavy atom. The highest BCUT2D eigenvalue weighted by atomic mass is 32.1. The molecule has 0 atom stereocenters. The first kappa shape index (κ1) is 15.0. The van der Waals surface area contributed by atoms with Gasteiger partial charge in [-0.25, -0.2) is 0 Å². The molecule has 22 heavy (non-hydrogen) atoms. The summed E-state index contributed by atoms with van der Waals surface area (Å²) in [6.45, 7) is 0.757. The maximum atomic E-state index is 11.8. The molecule has 2 aromatic rings. The Morgan fingerprint density at radius 1 is 1.27 bits per heavy atom. The van der Waals surface area contributed by atoms with Crippen molar-refractivity contribution in [3.8, 4) is 0 Å². The number of thiophene rings is 1. The van der Waals surface area contributed by atoms with E-state index in [1.807, 2.05) is 11.3 Å². The first-order valence-corrected chi connectivity index (χ1v) is 8.35. The van der Waals surface area contributed by atoms with Crippen LogP contribution in [-0.4, -0.2) is 35.1 Å². The van der Waals surface area contributed by atoms with E-state index in [4.69, 9.17) is 0 Å². The minimum absolute atomic E-state index is 0.134. The van der Waals surface area contributed by atoms with Crippen LogP contribution in [0.15, 0.2) is 18.2 Å². The molecule has 0 fully saturated rings. The molecule has 5 nitrogen and oxygen atoms in total. The van der Waals surface area contributed by atoms with E-state index in [-0.39, 0.29) is 5.91 Å². The predicted molar refractivity (Wildman–Crippen MR) is 88.3 cm³/mol. The van der Waals surface area contributed by atoms with Crippen LogP contribution in [0.5, 0.6) is 0 Å². The average Bonchev–Trinajstić information content (AvgIpc) is 2.95. The summed E-state index contributed by atoms with van der Waals surface area (Å²) in [6, 6.07) is 5.82. The van der Waals surface area contributed by atoms with Gasteiger partial charge in [-0.3, -0.25) is 4.79 Å². The van der Waals surface area contributed by atoms with Crippen molar-refractivity contribution < 1.29 is 4.79 Å². The summed E-state index contributed by atoms with van der Waals surface area (Å²) in [4.78, 5) is 16.1. The van der Waals surface area contributed by atoms with Crippen LogP contribution < -0.4 is 5.32 Å². The molecule has 2 heterocycles. The van der Waals surface area contributed by atoms with E-state index >= 15 is 0 Å². The van der Waals surface area contributed by atoms with E-state index in [1.54, 1.807) is 31.1 Å². The minimum Gasteiger partial charge on any atom is -0.364 e. The van der Waals surface area contributed by atoms with Crippen molar-refractivity contribution >= 4 is 23.1 Å². The van der Waals surface area contributed by atoms with Crippen molar-refractivity contribution in [2.75, 3.05) is 19.4 Å². The summed E-state index contributed by atoms with van der Waals surface area (Å²) in [5.41, 5.74) is 1.88. The van der Waals surface area contributed by atoms with E-state index in [0.29, 0.717) is 11.5 Å². The van der Waals surface area contributed by atoms with Gasteiger partial charge in [-0.05, 0) is 49.4 Å². The zero-order valence-corrected chi connectivity index (χ0v) is 13.7. The van der Waals surface area contributed by atoms with E-state index in [1.165, 1.54) is 41.0 Å². The summed E-state index contributed by atoms with van der Waals surface area (Å²) in [7, 11) is 3.41. The molecule has 1 aliphatic rings. The van der Waals surface area contributed by atoms with Gasteiger partial charge in [0.05, 0.1) is 6.54 Å². The second-order valence-electron chi connectivity index (χ2n) is 5.73. The van der Waals surface area contributed by atoms with Crippen LogP contribution in [0.1, 0.15) is 38.6 Å². The fraction of sp³-hybridized carbons (Fsp3) is 0.438. The van der Waals surface area contributed by atoms with Gasteiger partial charge in [0.1, 0.15) is 5.82 Å². The maximum Gasteiger partial charge on any atom is 0.273 e. The molecule has 0 saturated carbocycles. The molecule has 0 spiro atoms. The van der Waals surface area contributed by atoms with Crippen LogP contribution in [0, 0.1) is 0 Å². The number of hydrogen-bond donors (Lipinski definition) is 1. The van der Waals surface area contributed by atoms with Gasteiger partial charge in [0.25, 0.3) is 5.91 Å². The number of amides is 1. The molecular weight excluding hydrogens is 296 g/mol. The van der Waals surface area contributed by atoms with Crippen LogP contribution >= 0.6 is 11.3 Å². The first-order valence-electron chi connectivity index (χ1n) is 7.53. The Morgan fingerprint density at radius 3 is 2.77 bits per heavy atom. The number of nitrogens with zero attached hydrogens (tertiary/aromatic N) is 3. The minimum atomic E-state index is -0.134. The Kier molecular flexibility index (Phi) is 4.38. The monoisotopic (exact) mass is 316 g/mol. The first-order chi connectivity index (χ1) is 10.6. The van der Waals surface area contributed by atoms with Crippen molar-refractivity contribution in [3.63, 3.8) is 0 Å². The van der Waals surface area contributed by atoms with E-state index in [0.717, 1.165) is 6.54 Å². The molecule has 2 aromatic heterocycles. The van der Waals surface area contributed by atoms with Gasteiger partial charge in [0.15, 0.2) is 5.69 Å². The Balaban J connectivity index is 1.61. The van der Waals surface area contributed by atoms with Crippen LogP contribution in [-0.2, 0) is 19.4 Å². The Bertz CT molecular complexity index is 640. The van der Waals surface area contributed by atoms with Crippen molar-refractivity contribution in [2.45, 2.75) is 32.2 Å². The third kappa shape index (κ3) is 3.27. The average molecular weight is 316 g/mol. The highest BCUT2D eigenvalue weighted by Crippen LogP contribution is 2.29. The van der Waals surface area contributed by atoms with E-state index in [2.05, 4.69) is 21.6 Å². The molecule has 1 aliphatic carbocycles. The van der Waals surface area contributed by atoms with Crippen molar-refractivity contribution in [3.05, 3.63) is 39.2 Å². The largest absolute Gasteiger partial charge is 0.364 e. The summed E-state index contributed by atoms with van der Waals surface area (Å²) in [5, 5.41) is 11.3. The van der Waals surface area contributed by atoms with Crippen molar-refractivity contribution in [1.82, 2.24) is 15.1 Å². The van der Waals surface area contributed by atoms with Gasteiger partial charge >= 0.3 is 0 Å². The number of anilines is 1. The highest BCUT2D eigenvalue weighted by Gasteiger charge is 2.13. The SMILES string of the molecule is CN(C)C(=O)c1ccc(NCc2cc3c(s2)CCCC3)nn1. The van der Waals surface area contributed by atoms with Gasteiger partial charge in [0.2, 0.25) is 0 Å². The fourth-order valence-corrected chi connectivity index (χ4v) is 3.79. The standard InChI is InChI=1S/C16H20N4OS/c1-20(2)16(21)13-7-8-15(19-18-13)17-10-12-9-11-5-3-4-6-14(11)22-12/h7-9H,3-6,10H2,1-2H3,(H,17,19). The molecule has 116 valence electrons. The van der Waals surface area contributed by atoms with Gasteiger partial charge in [-0.1, -0.05) is 0 Å². The number of carbonyl (C=O) groups excluding carboxylic acids is 1. The van der Waals surface area contributed by atoms with Gasteiger partial charge in [0, 0.05) is 23.8 Å². The molecule has 0 saturated heterocycles. The fourth-order valence-electron chi connectivity index (χ4n) is 2.59. The number of nitrogens with one attached hydrogen (secondary N) is 1. The lowest BCUT2D eigenvalue weighted by Crippen LogP contribution is -2.23. The smallest absolute Gasteiger partial charge is 0.273 e. The van der Waals surface area contributed by atoms with Crippen molar-refractivity contribution in [1.29, 1.82) is 0 Å². The molecule has 0 aliphatic heterocycles. The second-order valence-corrected chi connectivity index (χ2v) is 6.95. The Labute approximate surface area is 134 Å². The highest BCUT2D eigenvalue weighted by molar-refractivity contribution is 7.12.